The van der Waals surface area contributed by atoms with Crippen LogP contribution < -0.4 is 11.5 Å². The molecule has 6 rings (SSSR count). The van der Waals surface area contributed by atoms with Gasteiger partial charge in [0.2, 0.25) is 0 Å². The first-order valence-corrected chi connectivity index (χ1v) is 12.2. The average Bonchev–Trinajstić information content (AvgIpc) is 3.34. The Balaban J connectivity index is 1.26. The lowest BCUT2D eigenvalue weighted by molar-refractivity contribution is -0.138. The topological polar surface area (TPSA) is 125 Å². The van der Waals surface area contributed by atoms with Crippen LogP contribution in [0.15, 0.2) is 30.6 Å². The van der Waals surface area contributed by atoms with Gasteiger partial charge in [-0.05, 0) is 54.9 Å². The maximum Gasteiger partial charge on any atom is 0.416 e. The van der Waals surface area contributed by atoms with Gasteiger partial charge in [-0.15, -0.1) is 0 Å². The highest BCUT2D eigenvalue weighted by atomic mass is 19.4. The Morgan fingerprint density at radius 3 is 2.72 bits per heavy atom. The zero-order chi connectivity index (χ0) is 27.9. The van der Waals surface area contributed by atoms with Crippen molar-refractivity contribution in [1.82, 2.24) is 24.5 Å². The third-order valence-corrected chi connectivity index (χ3v) is 8.27. The maximum absolute atomic E-state index is 13.7. The number of hydrogen-bond acceptors (Lipinski definition) is 5. The van der Waals surface area contributed by atoms with Crippen LogP contribution in [0.2, 0.25) is 0 Å². The molecule has 202 valence electrons. The molecule has 2 aliphatic carbocycles. The second kappa shape index (κ2) is 8.33. The molecule has 1 aromatic carbocycles. The van der Waals surface area contributed by atoms with E-state index >= 15 is 0 Å². The number of rotatable bonds is 5. The Morgan fingerprint density at radius 1 is 1.28 bits per heavy atom. The number of nitrogen functional groups attached to an aromatic ring is 1. The largest absolute Gasteiger partial charge is 0.416 e. The van der Waals surface area contributed by atoms with E-state index in [9.17, 15) is 27.2 Å². The molecule has 2 unspecified atom stereocenters. The van der Waals surface area contributed by atoms with Gasteiger partial charge in [0, 0.05) is 30.3 Å². The number of nitrogens with two attached hydrogens (primary N) is 2. The summed E-state index contributed by atoms with van der Waals surface area (Å²) in [7, 11) is 0. The molecule has 2 aromatic heterocycles. The van der Waals surface area contributed by atoms with E-state index in [0.717, 1.165) is 18.6 Å². The van der Waals surface area contributed by atoms with Gasteiger partial charge in [0.25, 0.3) is 11.8 Å². The highest BCUT2D eigenvalue weighted by molar-refractivity contribution is 6.03. The predicted octanol–water partition coefficient (Wildman–Crippen LogP) is 2.68. The number of carbonyl (C=O) groups excluding carboxylic acids is 2. The summed E-state index contributed by atoms with van der Waals surface area (Å²) in [5, 5.41) is 8.70. The molecule has 3 heterocycles. The van der Waals surface area contributed by atoms with Crippen LogP contribution in [0.1, 0.15) is 40.9 Å². The molecule has 1 spiro atoms. The van der Waals surface area contributed by atoms with Crippen molar-refractivity contribution < 1.29 is 27.2 Å². The van der Waals surface area contributed by atoms with E-state index in [1.165, 1.54) is 17.1 Å². The molecule has 3 aliphatic rings. The first-order valence-electron chi connectivity index (χ1n) is 12.2. The first-order chi connectivity index (χ1) is 18.4. The number of halogens is 4. The number of aromatic nitrogens is 4. The van der Waals surface area contributed by atoms with Crippen LogP contribution in [0.25, 0.3) is 11.3 Å². The Morgan fingerprint density at radius 2 is 2.05 bits per heavy atom. The summed E-state index contributed by atoms with van der Waals surface area (Å²) in [6, 6.07) is 2.18. The minimum atomic E-state index is -4.67. The number of hydrogen-bond donors (Lipinski definition) is 2. The summed E-state index contributed by atoms with van der Waals surface area (Å²) in [6.45, 7) is 2.49. The van der Waals surface area contributed by atoms with Gasteiger partial charge in [-0.1, -0.05) is 5.92 Å². The van der Waals surface area contributed by atoms with E-state index in [1.807, 2.05) is 0 Å². The molecule has 3 fully saturated rings. The molecule has 1 aliphatic heterocycles. The molecule has 2 saturated carbocycles. The Kier molecular flexibility index (Phi) is 5.33. The fourth-order valence-electron chi connectivity index (χ4n) is 6.59. The van der Waals surface area contributed by atoms with Crippen LogP contribution in [0.5, 0.6) is 0 Å². The molecule has 13 heteroatoms. The van der Waals surface area contributed by atoms with Gasteiger partial charge in [0.05, 0.1) is 24.3 Å². The second-order valence-corrected chi connectivity index (χ2v) is 10.3. The van der Waals surface area contributed by atoms with Crippen LogP contribution in [0.3, 0.4) is 0 Å². The van der Waals surface area contributed by atoms with Gasteiger partial charge in [-0.25, -0.2) is 9.07 Å². The van der Waals surface area contributed by atoms with Crippen molar-refractivity contribution >= 4 is 17.6 Å². The number of piperidine rings is 1. The summed E-state index contributed by atoms with van der Waals surface area (Å²) in [6.07, 6.45) is -1.18. The number of fused-ring (bicyclic) bond motifs is 1. The summed E-state index contributed by atoms with van der Waals surface area (Å²) in [4.78, 5) is 26.3. The van der Waals surface area contributed by atoms with E-state index in [1.54, 1.807) is 16.5 Å². The maximum atomic E-state index is 13.7. The summed E-state index contributed by atoms with van der Waals surface area (Å²) < 4.78 is 56.8. The van der Waals surface area contributed by atoms with Crippen molar-refractivity contribution in [2.75, 3.05) is 18.8 Å². The lowest BCUT2D eigenvalue weighted by Gasteiger charge is -2.37. The number of amides is 2. The van der Waals surface area contributed by atoms with E-state index in [2.05, 4.69) is 22.0 Å². The van der Waals surface area contributed by atoms with Gasteiger partial charge in [0.1, 0.15) is 22.9 Å². The van der Waals surface area contributed by atoms with E-state index in [0.29, 0.717) is 30.6 Å². The molecule has 4 N–H and O–H groups in total. The fourth-order valence-corrected chi connectivity index (χ4v) is 6.59. The number of alkyl halides is 3. The zero-order valence-corrected chi connectivity index (χ0v) is 20.7. The molecule has 4 atom stereocenters. The average molecular weight is 542 g/mol. The summed E-state index contributed by atoms with van der Waals surface area (Å²) in [5.41, 5.74) is 11.2. The SMILES string of the molecule is CC#CC(=O)N1CC2C3[C@H](n4nc(-c5cnn(Cc6cc(F)ccc6C(F)(F)F)c5)c(C(N)=O)c4N)C[C@]23C1. The molecule has 3 aromatic rings. The number of anilines is 1. The van der Waals surface area contributed by atoms with Crippen LogP contribution in [0.4, 0.5) is 23.4 Å². The number of benzene rings is 1. The van der Waals surface area contributed by atoms with Crippen LogP contribution in [-0.4, -0.2) is 49.4 Å². The predicted molar refractivity (Wildman–Crippen MR) is 130 cm³/mol. The normalized spacial score (nSPS) is 24.8. The molecular weight excluding hydrogens is 518 g/mol. The van der Waals surface area contributed by atoms with Gasteiger partial charge in [-0.2, -0.15) is 23.4 Å². The molecule has 2 amide bonds. The Hall–Kier alpha value is -4.34. The van der Waals surface area contributed by atoms with Crippen molar-refractivity contribution in [2.24, 2.45) is 23.0 Å². The molecular formula is C26H23F4N7O2. The monoisotopic (exact) mass is 541 g/mol. The lowest BCUT2D eigenvalue weighted by Crippen LogP contribution is -2.40. The summed E-state index contributed by atoms with van der Waals surface area (Å²) >= 11 is 0. The van der Waals surface area contributed by atoms with Gasteiger partial charge in [0.15, 0.2) is 0 Å². The Bertz CT molecular complexity index is 1600. The first kappa shape index (κ1) is 25.0. The van der Waals surface area contributed by atoms with Crippen molar-refractivity contribution in [3.8, 4) is 23.1 Å². The smallest absolute Gasteiger partial charge is 0.383 e. The van der Waals surface area contributed by atoms with E-state index in [-0.39, 0.29) is 52.5 Å². The minimum absolute atomic E-state index is 0.00179. The number of carbonyl (C=O) groups is 2. The molecule has 9 nitrogen and oxygen atoms in total. The van der Waals surface area contributed by atoms with Gasteiger partial charge < -0.3 is 16.4 Å². The van der Waals surface area contributed by atoms with Crippen molar-refractivity contribution in [2.45, 2.75) is 32.1 Å². The van der Waals surface area contributed by atoms with Crippen molar-refractivity contribution in [1.29, 1.82) is 0 Å². The van der Waals surface area contributed by atoms with Crippen LogP contribution in [-0.2, 0) is 17.5 Å². The minimum Gasteiger partial charge on any atom is -0.383 e. The molecule has 39 heavy (non-hydrogen) atoms. The highest BCUT2D eigenvalue weighted by Gasteiger charge is 2.79. The van der Waals surface area contributed by atoms with E-state index in [4.69, 9.17) is 11.5 Å². The molecule has 0 bridgehead atoms. The third-order valence-electron chi connectivity index (χ3n) is 8.27. The van der Waals surface area contributed by atoms with Gasteiger partial charge >= 0.3 is 6.18 Å². The lowest BCUT2D eigenvalue weighted by atomic mass is 9.80. The second-order valence-electron chi connectivity index (χ2n) is 10.3. The number of likely N-dealkylation sites (tertiary alicyclic amines) is 1. The van der Waals surface area contributed by atoms with Gasteiger partial charge in [-0.3, -0.25) is 14.3 Å². The molecule has 1 saturated heterocycles. The molecule has 0 radical (unpaired) electrons. The van der Waals surface area contributed by atoms with Crippen molar-refractivity contribution in [3.63, 3.8) is 0 Å². The number of primary amides is 1. The van der Waals surface area contributed by atoms with E-state index < -0.39 is 23.5 Å². The quantitative estimate of drug-likeness (QED) is 0.380. The van der Waals surface area contributed by atoms with Crippen molar-refractivity contribution in [3.05, 3.63) is 53.1 Å². The third kappa shape index (κ3) is 3.77. The standard InChI is InChI=1S/C26H23F4N7O2/c1-2-3-19(38)35-11-17-21-18(7-25(17,21)12-35)37-23(31)20(24(32)39)22(34-37)14-8-33-36(10-14)9-13-6-15(27)4-5-16(13)26(28,29)30/h4-6,8,10,17-18,21H,7,9,11-12,31H2,1H3,(H2,32,39)/t17?,18-,21?,25+/m1/s1. The number of nitrogens with zero attached hydrogens (tertiary/aromatic N) is 5. The van der Waals surface area contributed by atoms with Crippen LogP contribution in [0, 0.1) is 34.9 Å². The summed E-state index contributed by atoms with van der Waals surface area (Å²) in [5.74, 6) is 4.07. The Labute approximate surface area is 219 Å². The van der Waals surface area contributed by atoms with Crippen LogP contribution >= 0.6 is 0 Å². The highest BCUT2D eigenvalue weighted by Crippen LogP contribution is 2.79. The zero-order valence-electron chi connectivity index (χ0n) is 20.7. The fraction of sp³-hybridized carbons (Fsp3) is 0.385.